The van der Waals surface area contributed by atoms with E-state index in [4.69, 9.17) is 33.2 Å². The summed E-state index contributed by atoms with van der Waals surface area (Å²) in [7, 11) is 0. The van der Waals surface area contributed by atoms with Crippen LogP contribution in [-0.2, 0) is 33.2 Å². The number of ether oxygens (including phenoxy) is 7. The van der Waals surface area contributed by atoms with Crippen molar-refractivity contribution >= 4 is 0 Å². The zero-order valence-electron chi connectivity index (χ0n) is 33.8. The van der Waals surface area contributed by atoms with E-state index < -0.39 is 12.6 Å². The van der Waals surface area contributed by atoms with Gasteiger partial charge in [0.25, 0.3) is 0 Å². The van der Waals surface area contributed by atoms with Gasteiger partial charge in [0, 0.05) is 26.1 Å². The fourth-order valence-corrected chi connectivity index (χ4v) is 5.57. The summed E-state index contributed by atoms with van der Waals surface area (Å²) < 4.78 is 45.1. The standard InChI is InChI=1S/C42H82O7/c1-9-17-19-21-23-25-27-29-31-37(45-33-11-3)39(47-35-13-5)41(43-15-7)49-42(44-16-8)40(48-36-14-6)38(46-34-12-4)32-30-28-26-24-22-20-18-10-2/h41-42H,9-36H2,1-8H3. The Morgan fingerprint density at radius 1 is 0.347 bits per heavy atom. The van der Waals surface area contributed by atoms with Gasteiger partial charge in [0.1, 0.15) is 11.5 Å². The molecule has 0 saturated heterocycles. The Hall–Kier alpha value is -1.44. The summed E-state index contributed by atoms with van der Waals surface area (Å²) in [6.45, 7) is 20.3. The van der Waals surface area contributed by atoms with Gasteiger partial charge in [0.2, 0.25) is 12.6 Å². The van der Waals surface area contributed by atoms with Crippen molar-refractivity contribution in [1.29, 1.82) is 0 Å². The minimum absolute atomic E-state index is 0.452. The quantitative estimate of drug-likeness (QED) is 0.0361. The second kappa shape index (κ2) is 36.4. The molecule has 0 bridgehead atoms. The molecule has 2 unspecified atom stereocenters. The maximum absolute atomic E-state index is 6.77. The van der Waals surface area contributed by atoms with Crippen molar-refractivity contribution in [3.63, 3.8) is 0 Å². The SMILES string of the molecule is CCCCCCCCCCC(OCCC)=C(OCCC)C(OCC)OC(OCC)C(OCCC)=C(CCCCCCCCCC)OCCC. The molecule has 0 aromatic carbocycles. The van der Waals surface area contributed by atoms with Gasteiger partial charge >= 0.3 is 0 Å². The van der Waals surface area contributed by atoms with Crippen molar-refractivity contribution in [2.75, 3.05) is 39.6 Å². The summed E-state index contributed by atoms with van der Waals surface area (Å²) in [5, 5.41) is 0. The van der Waals surface area contributed by atoms with Gasteiger partial charge in [-0.3, -0.25) is 0 Å². The normalized spacial score (nSPS) is 13.9. The summed E-state index contributed by atoms with van der Waals surface area (Å²) in [6.07, 6.45) is 23.6. The molecule has 7 nitrogen and oxygen atoms in total. The van der Waals surface area contributed by atoms with Crippen LogP contribution in [0.2, 0.25) is 0 Å². The van der Waals surface area contributed by atoms with E-state index in [0.717, 1.165) is 62.9 Å². The van der Waals surface area contributed by atoms with E-state index >= 15 is 0 Å². The molecule has 0 fully saturated rings. The van der Waals surface area contributed by atoms with Crippen molar-refractivity contribution in [1.82, 2.24) is 0 Å². The third-order valence-electron chi connectivity index (χ3n) is 8.26. The Morgan fingerprint density at radius 2 is 0.653 bits per heavy atom. The van der Waals surface area contributed by atoms with Crippen LogP contribution in [-0.4, -0.2) is 52.2 Å². The van der Waals surface area contributed by atoms with Gasteiger partial charge in [-0.1, -0.05) is 131 Å². The Kier molecular flexibility index (Phi) is 35.3. The van der Waals surface area contributed by atoms with Crippen LogP contribution < -0.4 is 0 Å². The maximum atomic E-state index is 6.77. The molecule has 0 aromatic heterocycles. The van der Waals surface area contributed by atoms with Gasteiger partial charge < -0.3 is 33.2 Å². The van der Waals surface area contributed by atoms with Crippen LogP contribution in [0.15, 0.2) is 23.0 Å². The van der Waals surface area contributed by atoms with Crippen molar-refractivity contribution in [2.45, 2.75) is 209 Å². The molecule has 0 aliphatic heterocycles. The Bertz CT molecular complexity index is 704. The van der Waals surface area contributed by atoms with E-state index in [1.807, 2.05) is 13.8 Å². The smallest absolute Gasteiger partial charge is 0.223 e. The van der Waals surface area contributed by atoms with Gasteiger partial charge in [-0.2, -0.15) is 0 Å². The van der Waals surface area contributed by atoms with E-state index in [2.05, 4.69) is 41.5 Å². The molecule has 292 valence electrons. The second-order valence-corrected chi connectivity index (χ2v) is 13.1. The molecule has 49 heavy (non-hydrogen) atoms. The molecule has 0 aromatic rings. The Labute approximate surface area is 304 Å². The number of rotatable bonds is 38. The first kappa shape index (κ1) is 47.6. The van der Waals surface area contributed by atoms with E-state index in [1.54, 1.807) is 0 Å². The van der Waals surface area contributed by atoms with Crippen LogP contribution >= 0.6 is 0 Å². The molecule has 0 amide bonds. The lowest BCUT2D eigenvalue weighted by molar-refractivity contribution is -0.240. The zero-order chi connectivity index (χ0) is 36.2. The minimum Gasteiger partial charge on any atom is -0.494 e. The summed E-state index contributed by atoms with van der Waals surface area (Å²) >= 11 is 0. The maximum Gasteiger partial charge on any atom is 0.223 e. The molecule has 0 aliphatic carbocycles. The molecule has 0 aliphatic rings. The first-order chi connectivity index (χ1) is 24.1. The predicted molar refractivity (Wildman–Crippen MR) is 205 cm³/mol. The molecule has 2 atom stereocenters. The number of hydrogen-bond acceptors (Lipinski definition) is 7. The predicted octanol–water partition coefficient (Wildman–Crippen LogP) is 12.9. The molecule has 0 saturated carbocycles. The van der Waals surface area contributed by atoms with Crippen molar-refractivity contribution < 1.29 is 33.2 Å². The largest absolute Gasteiger partial charge is 0.494 e. The fraction of sp³-hybridized carbons (Fsp3) is 0.905. The summed E-state index contributed by atoms with van der Waals surface area (Å²) in [4.78, 5) is 0. The number of hydrogen-bond donors (Lipinski definition) is 0. The molecule has 0 rings (SSSR count). The molecule has 7 heteroatoms. The van der Waals surface area contributed by atoms with E-state index in [1.165, 1.54) is 89.9 Å². The number of allylic oxidation sites excluding steroid dienone is 2. The van der Waals surface area contributed by atoms with Crippen LogP contribution in [0, 0.1) is 0 Å². The lowest BCUT2D eigenvalue weighted by Crippen LogP contribution is -2.33. The van der Waals surface area contributed by atoms with Crippen LogP contribution in [0.4, 0.5) is 0 Å². The topological polar surface area (TPSA) is 64.6 Å². The van der Waals surface area contributed by atoms with E-state index in [0.29, 0.717) is 51.2 Å². The first-order valence-electron chi connectivity index (χ1n) is 20.9. The third-order valence-corrected chi connectivity index (χ3v) is 8.26. The second-order valence-electron chi connectivity index (χ2n) is 13.1. The van der Waals surface area contributed by atoms with Gasteiger partial charge in [-0.05, 0) is 52.4 Å². The molecular weight excluding hydrogens is 616 g/mol. The first-order valence-corrected chi connectivity index (χ1v) is 20.9. The highest BCUT2D eigenvalue weighted by atomic mass is 16.8. The highest BCUT2D eigenvalue weighted by Crippen LogP contribution is 2.29. The summed E-state index contributed by atoms with van der Waals surface area (Å²) in [6, 6.07) is 0. The van der Waals surface area contributed by atoms with Crippen molar-refractivity contribution in [2.24, 2.45) is 0 Å². The monoisotopic (exact) mass is 699 g/mol. The highest BCUT2D eigenvalue weighted by molar-refractivity contribution is 5.09. The average molecular weight is 699 g/mol. The van der Waals surface area contributed by atoms with Crippen LogP contribution in [0.5, 0.6) is 0 Å². The lowest BCUT2D eigenvalue weighted by atomic mass is 10.1. The van der Waals surface area contributed by atoms with E-state index in [9.17, 15) is 0 Å². The summed E-state index contributed by atoms with van der Waals surface area (Å²) in [5.74, 6) is 2.91. The van der Waals surface area contributed by atoms with Gasteiger partial charge in [0.15, 0.2) is 11.5 Å². The van der Waals surface area contributed by atoms with Crippen LogP contribution in [0.25, 0.3) is 0 Å². The number of unbranched alkanes of at least 4 members (excludes halogenated alkanes) is 14. The van der Waals surface area contributed by atoms with Gasteiger partial charge in [0.05, 0.1) is 26.4 Å². The minimum atomic E-state index is -0.801. The molecule has 0 heterocycles. The molecule has 0 radical (unpaired) electrons. The van der Waals surface area contributed by atoms with Crippen molar-refractivity contribution in [3.05, 3.63) is 23.0 Å². The lowest BCUT2D eigenvalue weighted by Gasteiger charge is -2.30. The molecular formula is C42H82O7. The molecule has 0 spiro atoms. The molecule has 0 N–H and O–H groups in total. The average Bonchev–Trinajstić information content (AvgIpc) is 3.11. The van der Waals surface area contributed by atoms with Crippen LogP contribution in [0.3, 0.4) is 0 Å². The van der Waals surface area contributed by atoms with E-state index in [-0.39, 0.29) is 0 Å². The fourth-order valence-electron chi connectivity index (χ4n) is 5.57. The summed E-state index contributed by atoms with van der Waals surface area (Å²) in [5.41, 5.74) is 0. The Balaban J connectivity index is 6.31. The van der Waals surface area contributed by atoms with Gasteiger partial charge in [-0.25, -0.2) is 0 Å². The Morgan fingerprint density at radius 3 is 0.959 bits per heavy atom. The highest BCUT2D eigenvalue weighted by Gasteiger charge is 2.32. The zero-order valence-corrected chi connectivity index (χ0v) is 33.8. The van der Waals surface area contributed by atoms with Crippen LogP contribution in [0.1, 0.15) is 197 Å². The van der Waals surface area contributed by atoms with Gasteiger partial charge in [-0.15, -0.1) is 0 Å². The van der Waals surface area contributed by atoms with Crippen molar-refractivity contribution in [3.8, 4) is 0 Å². The third kappa shape index (κ3) is 25.2.